The van der Waals surface area contributed by atoms with Gasteiger partial charge in [-0.25, -0.2) is 0 Å². The molecule has 4 heteroatoms. The highest BCUT2D eigenvalue weighted by Gasteiger charge is 2.28. The molecule has 0 fully saturated rings. The molecule has 0 aromatic heterocycles. The molecule has 0 spiro atoms. The zero-order valence-corrected chi connectivity index (χ0v) is 30.2. The van der Waals surface area contributed by atoms with Crippen LogP contribution in [-0.2, 0) is 9.53 Å². The van der Waals surface area contributed by atoms with E-state index < -0.39 is 18.0 Å². The smallest absolute Gasteiger partial charge is 0.312 e. The number of ketones is 1. The first-order chi connectivity index (χ1) is 22.6. The van der Waals surface area contributed by atoms with Crippen LogP contribution in [0, 0.1) is 5.92 Å². The first kappa shape index (κ1) is 42.1. The molecule has 1 N–H and O–H groups in total. The van der Waals surface area contributed by atoms with Gasteiger partial charge < -0.3 is 9.84 Å². The Kier molecular flexibility index (Phi) is 29.0. The second kappa shape index (κ2) is 31.6. The molecular formula is C42H72O4. The molecule has 0 aliphatic heterocycles. The van der Waals surface area contributed by atoms with Gasteiger partial charge in [0.25, 0.3) is 0 Å². The maximum atomic E-state index is 13.1. The maximum absolute atomic E-state index is 13.1. The number of rotatable bonds is 33. The lowest BCUT2D eigenvalue weighted by atomic mass is 9.91. The summed E-state index contributed by atoms with van der Waals surface area (Å²) in [4.78, 5) is 25.6. The van der Waals surface area contributed by atoms with E-state index in [4.69, 9.17) is 4.74 Å². The van der Waals surface area contributed by atoms with Gasteiger partial charge in [0.15, 0.2) is 12.4 Å². The molecule has 0 aliphatic carbocycles. The summed E-state index contributed by atoms with van der Waals surface area (Å²) in [6.45, 7) is 4.26. The number of hydrogen-bond donors (Lipinski definition) is 1. The van der Waals surface area contributed by atoms with Crippen molar-refractivity contribution in [2.45, 2.75) is 193 Å². The fourth-order valence-corrected chi connectivity index (χ4v) is 6.25. The summed E-state index contributed by atoms with van der Waals surface area (Å²) in [6, 6.07) is 8.95. The van der Waals surface area contributed by atoms with Crippen molar-refractivity contribution in [2.75, 3.05) is 6.61 Å². The molecule has 2 atom stereocenters. The molecule has 1 aromatic rings. The van der Waals surface area contributed by atoms with Crippen molar-refractivity contribution < 1.29 is 19.4 Å². The first-order valence-corrected chi connectivity index (χ1v) is 19.7. The number of allylic oxidation sites excluding steroid dienone is 2. The third-order valence-electron chi connectivity index (χ3n) is 9.34. The lowest BCUT2D eigenvalue weighted by Gasteiger charge is -2.21. The normalized spacial score (nSPS) is 12.8. The molecular weight excluding hydrogens is 568 g/mol. The van der Waals surface area contributed by atoms with E-state index in [-0.39, 0.29) is 12.4 Å². The second-order valence-corrected chi connectivity index (χ2v) is 13.6. The highest BCUT2D eigenvalue weighted by atomic mass is 16.5. The molecule has 46 heavy (non-hydrogen) atoms. The molecule has 0 bridgehead atoms. The van der Waals surface area contributed by atoms with Crippen molar-refractivity contribution in [3.05, 3.63) is 48.0 Å². The molecule has 0 aliphatic rings. The van der Waals surface area contributed by atoms with Crippen molar-refractivity contribution in [2.24, 2.45) is 5.92 Å². The van der Waals surface area contributed by atoms with Crippen LogP contribution >= 0.6 is 0 Å². The Balaban J connectivity index is 2.30. The summed E-state index contributed by atoms with van der Waals surface area (Å²) in [5, 5.41) is 11.0. The van der Waals surface area contributed by atoms with Gasteiger partial charge >= 0.3 is 5.97 Å². The molecule has 4 nitrogen and oxygen atoms in total. The predicted molar refractivity (Wildman–Crippen MR) is 196 cm³/mol. The van der Waals surface area contributed by atoms with Gasteiger partial charge in [-0.05, 0) is 38.5 Å². The van der Waals surface area contributed by atoms with Crippen LogP contribution in [0.1, 0.15) is 198 Å². The number of ether oxygens (including phenoxy) is 1. The Bertz CT molecular complexity index is 848. The number of unbranched alkanes of at least 4 members (excludes halogenated alkanes) is 22. The van der Waals surface area contributed by atoms with Crippen LogP contribution < -0.4 is 0 Å². The van der Waals surface area contributed by atoms with Crippen molar-refractivity contribution in [3.8, 4) is 0 Å². The molecule has 0 saturated heterocycles. The number of aliphatic hydroxyl groups is 1. The van der Waals surface area contributed by atoms with Gasteiger partial charge in [-0.3, -0.25) is 9.59 Å². The van der Waals surface area contributed by atoms with E-state index in [1.165, 1.54) is 122 Å². The highest BCUT2D eigenvalue weighted by molar-refractivity contribution is 5.97. The Morgan fingerprint density at radius 1 is 0.587 bits per heavy atom. The van der Waals surface area contributed by atoms with Crippen LogP contribution in [0.25, 0.3) is 0 Å². The van der Waals surface area contributed by atoms with Gasteiger partial charge in [-0.1, -0.05) is 191 Å². The average Bonchev–Trinajstić information content (AvgIpc) is 3.07. The molecule has 1 rings (SSSR count). The summed E-state index contributed by atoms with van der Waals surface area (Å²) in [5.74, 6) is -1.18. The van der Waals surface area contributed by atoms with Gasteiger partial charge in [0, 0.05) is 5.56 Å². The van der Waals surface area contributed by atoms with Crippen molar-refractivity contribution in [3.63, 3.8) is 0 Å². The summed E-state index contributed by atoms with van der Waals surface area (Å²) < 4.78 is 5.47. The van der Waals surface area contributed by atoms with Crippen molar-refractivity contribution in [1.82, 2.24) is 0 Å². The average molecular weight is 641 g/mol. The summed E-state index contributed by atoms with van der Waals surface area (Å²) in [7, 11) is 0. The fraction of sp³-hybridized carbons (Fsp3) is 0.762. The van der Waals surface area contributed by atoms with E-state index in [2.05, 4.69) is 26.0 Å². The molecule has 0 heterocycles. The van der Waals surface area contributed by atoms with Crippen molar-refractivity contribution >= 4 is 11.8 Å². The second-order valence-electron chi connectivity index (χ2n) is 13.6. The molecule has 1 aromatic carbocycles. The number of Topliss-reactive ketones (excluding diaryl/α,β-unsaturated/α-hetero) is 1. The highest BCUT2D eigenvalue weighted by Crippen LogP contribution is 2.22. The van der Waals surface area contributed by atoms with Crippen LogP contribution in [0.4, 0.5) is 0 Å². The summed E-state index contributed by atoms with van der Waals surface area (Å²) in [6.07, 6.45) is 36.5. The Hall–Kier alpha value is -1.94. The summed E-state index contributed by atoms with van der Waals surface area (Å²) in [5.41, 5.74) is 0.543. The van der Waals surface area contributed by atoms with Crippen molar-refractivity contribution in [1.29, 1.82) is 0 Å². The largest absolute Gasteiger partial charge is 0.457 e. The van der Waals surface area contributed by atoms with E-state index in [9.17, 15) is 14.7 Å². The van der Waals surface area contributed by atoms with Crippen LogP contribution in [-0.4, -0.2) is 29.6 Å². The van der Waals surface area contributed by atoms with Crippen LogP contribution in [0.15, 0.2) is 42.5 Å². The molecule has 0 amide bonds. The number of esters is 1. The van der Waals surface area contributed by atoms with E-state index in [1.807, 2.05) is 18.2 Å². The minimum atomic E-state index is -0.711. The number of hydrogen-bond acceptors (Lipinski definition) is 4. The monoisotopic (exact) mass is 641 g/mol. The fourth-order valence-electron chi connectivity index (χ4n) is 6.25. The van der Waals surface area contributed by atoms with Crippen LogP contribution in [0.2, 0.25) is 0 Å². The zero-order valence-electron chi connectivity index (χ0n) is 30.2. The van der Waals surface area contributed by atoms with E-state index >= 15 is 0 Å². The topological polar surface area (TPSA) is 63.6 Å². The number of benzene rings is 1. The quantitative estimate of drug-likeness (QED) is 0.0359. The van der Waals surface area contributed by atoms with E-state index in [0.717, 1.165) is 38.5 Å². The van der Waals surface area contributed by atoms with Gasteiger partial charge in [0.1, 0.15) is 0 Å². The number of aliphatic hydroxyl groups excluding tert-OH is 1. The third kappa shape index (κ3) is 24.3. The standard InChI is InChI=1S/C42H72O4/c1-3-5-7-9-11-13-15-17-18-19-21-23-25-27-32-36-40(43)39(42(45)46-37-41(44)38-33-29-28-30-34-38)35-31-26-24-22-20-16-14-12-10-8-6-4-2/h17-18,28-30,33-34,39-40,43H,3-16,19-27,31-32,35-37H2,1-2H3/b18-17+. The minimum absolute atomic E-state index is 0.204. The number of carbonyl (C=O) groups excluding carboxylic acids is 2. The number of carbonyl (C=O) groups is 2. The Morgan fingerprint density at radius 3 is 1.48 bits per heavy atom. The van der Waals surface area contributed by atoms with E-state index in [0.29, 0.717) is 18.4 Å². The predicted octanol–water partition coefficient (Wildman–Crippen LogP) is 12.5. The first-order valence-electron chi connectivity index (χ1n) is 19.7. The van der Waals surface area contributed by atoms with Gasteiger partial charge in [0.05, 0.1) is 12.0 Å². The lowest BCUT2D eigenvalue weighted by Crippen LogP contribution is -2.31. The Morgan fingerprint density at radius 2 is 1.00 bits per heavy atom. The SMILES string of the molecule is CCCCCCCC/C=C/CCCCCCCC(O)C(CCCCCCCCCCCCCC)C(=O)OCC(=O)c1ccccc1. The van der Waals surface area contributed by atoms with Crippen LogP contribution in [0.5, 0.6) is 0 Å². The molecule has 0 radical (unpaired) electrons. The molecule has 2 unspecified atom stereocenters. The third-order valence-corrected chi connectivity index (χ3v) is 9.34. The molecule has 264 valence electrons. The van der Waals surface area contributed by atoms with Crippen LogP contribution in [0.3, 0.4) is 0 Å². The van der Waals surface area contributed by atoms with Gasteiger partial charge in [-0.2, -0.15) is 0 Å². The summed E-state index contributed by atoms with van der Waals surface area (Å²) >= 11 is 0. The Labute approximate surface area is 284 Å². The maximum Gasteiger partial charge on any atom is 0.312 e. The van der Waals surface area contributed by atoms with Gasteiger partial charge in [0.2, 0.25) is 0 Å². The van der Waals surface area contributed by atoms with Gasteiger partial charge in [-0.15, -0.1) is 0 Å². The van der Waals surface area contributed by atoms with E-state index in [1.54, 1.807) is 12.1 Å². The molecule has 0 saturated carbocycles. The zero-order chi connectivity index (χ0) is 33.3. The minimum Gasteiger partial charge on any atom is -0.457 e. The lowest BCUT2D eigenvalue weighted by molar-refractivity contribution is -0.152.